The van der Waals surface area contributed by atoms with Crippen LogP contribution in [0.3, 0.4) is 0 Å². The molecule has 0 fully saturated rings. The standard InChI is InChI=1S/C18H27NO4/c1-4-23-18(22)12-10-15-13-14(9-11-16(15)20)7-5-6-8-17(21)19(2)3/h9,11,13,20H,4-8,10,12H2,1-3H3. The van der Waals surface area contributed by atoms with Crippen molar-refractivity contribution in [2.75, 3.05) is 20.7 Å². The monoisotopic (exact) mass is 321 g/mol. The Morgan fingerprint density at radius 1 is 1.13 bits per heavy atom. The average Bonchev–Trinajstić information content (AvgIpc) is 2.51. The van der Waals surface area contributed by atoms with Crippen LogP contribution in [0.25, 0.3) is 0 Å². The van der Waals surface area contributed by atoms with Gasteiger partial charge < -0.3 is 14.7 Å². The van der Waals surface area contributed by atoms with Gasteiger partial charge in [-0.1, -0.05) is 12.1 Å². The summed E-state index contributed by atoms with van der Waals surface area (Å²) in [5, 5.41) is 9.88. The van der Waals surface area contributed by atoms with Crippen LogP contribution in [0.5, 0.6) is 5.75 Å². The Kier molecular flexibility index (Phi) is 8.16. The van der Waals surface area contributed by atoms with Gasteiger partial charge in [-0.2, -0.15) is 0 Å². The molecule has 0 aliphatic carbocycles. The van der Waals surface area contributed by atoms with Gasteiger partial charge in [0.05, 0.1) is 6.61 Å². The van der Waals surface area contributed by atoms with Crippen LogP contribution in [-0.2, 0) is 27.2 Å². The van der Waals surface area contributed by atoms with E-state index in [4.69, 9.17) is 4.74 Å². The molecule has 0 radical (unpaired) electrons. The van der Waals surface area contributed by atoms with Gasteiger partial charge in [0.15, 0.2) is 0 Å². The Bertz CT molecular complexity index is 526. The van der Waals surface area contributed by atoms with E-state index in [2.05, 4.69) is 0 Å². The number of phenols is 1. The fourth-order valence-electron chi connectivity index (χ4n) is 2.29. The number of esters is 1. The van der Waals surface area contributed by atoms with E-state index in [9.17, 15) is 14.7 Å². The Balaban J connectivity index is 2.46. The first-order valence-corrected chi connectivity index (χ1v) is 8.10. The molecule has 1 aromatic rings. The van der Waals surface area contributed by atoms with Crippen LogP contribution >= 0.6 is 0 Å². The van der Waals surface area contributed by atoms with Gasteiger partial charge in [-0.15, -0.1) is 0 Å². The molecule has 1 amide bonds. The third-order valence-corrected chi connectivity index (χ3v) is 3.65. The van der Waals surface area contributed by atoms with Crippen molar-refractivity contribution in [3.05, 3.63) is 29.3 Å². The van der Waals surface area contributed by atoms with E-state index in [0.717, 1.165) is 30.4 Å². The highest BCUT2D eigenvalue weighted by atomic mass is 16.5. The third-order valence-electron chi connectivity index (χ3n) is 3.65. The highest BCUT2D eigenvalue weighted by Gasteiger charge is 2.08. The fraction of sp³-hybridized carbons (Fsp3) is 0.556. The molecule has 5 heteroatoms. The second kappa shape index (κ2) is 9.87. The number of rotatable bonds is 9. The van der Waals surface area contributed by atoms with Gasteiger partial charge in [0.25, 0.3) is 0 Å². The van der Waals surface area contributed by atoms with Crippen LogP contribution in [0.1, 0.15) is 43.7 Å². The maximum atomic E-state index is 11.5. The van der Waals surface area contributed by atoms with Crippen molar-refractivity contribution in [1.29, 1.82) is 0 Å². The van der Waals surface area contributed by atoms with Crippen molar-refractivity contribution < 1.29 is 19.4 Å². The molecule has 23 heavy (non-hydrogen) atoms. The molecule has 0 aliphatic rings. The van der Waals surface area contributed by atoms with E-state index in [0.29, 0.717) is 19.4 Å². The number of aromatic hydroxyl groups is 1. The fourth-order valence-corrected chi connectivity index (χ4v) is 2.29. The molecular formula is C18H27NO4. The Morgan fingerprint density at radius 3 is 2.52 bits per heavy atom. The number of carbonyl (C=O) groups excluding carboxylic acids is 2. The predicted octanol–water partition coefficient (Wildman–Crippen LogP) is 2.69. The molecule has 0 atom stereocenters. The lowest BCUT2D eigenvalue weighted by Gasteiger charge is -2.10. The maximum absolute atomic E-state index is 11.5. The van der Waals surface area contributed by atoms with Crippen LogP contribution in [0.4, 0.5) is 0 Å². The normalized spacial score (nSPS) is 10.4. The van der Waals surface area contributed by atoms with Crippen molar-refractivity contribution in [1.82, 2.24) is 4.90 Å². The number of phenolic OH excluding ortho intramolecular Hbond substituents is 1. The number of nitrogens with zero attached hydrogens (tertiary/aromatic N) is 1. The summed E-state index contributed by atoms with van der Waals surface area (Å²) in [5.74, 6) is 0.103. The number of carbonyl (C=O) groups is 2. The summed E-state index contributed by atoms with van der Waals surface area (Å²) in [5.41, 5.74) is 1.87. The zero-order valence-electron chi connectivity index (χ0n) is 14.3. The quantitative estimate of drug-likeness (QED) is 0.561. The van der Waals surface area contributed by atoms with Crippen molar-refractivity contribution in [2.24, 2.45) is 0 Å². The summed E-state index contributed by atoms with van der Waals surface area (Å²) in [4.78, 5) is 24.5. The van der Waals surface area contributed by atoms with E-state index < -0.39 is 0 Å². The largest absolute Gasteiger partial charge is 0.508 e. The number of aryl methyl sites for hydroxylation is 2. The van der Waals surface area contributed by atoms with Gasteiger partial charge in [-0.05, 0) is 49.8 Å². The lowest BCUT2D eigenvalue weighted by atomic mass is 10.0. The molecule has 0 heterocycles. The first-order chi connectivity index (χ1) is 10.9. The van der Waals surface area contributed by atoms with E-state index in [1.165, 1.54) is 0 Å². The van der Waals surface area contributed by atoms with Gasteiger partial charge >= 0.3 is 5.97 Å². The highest BCUT2D eigenvalue weighted by molar-refractivity contribution is 5.75. The minimum Gasteiger partial charge on any atom is -0.508 e. The van der Waals surface area contributed by atoms with Crippen LogP contribution in [0, 0.1) is 0 Å². The first kappa shape index (κ1) is 19.0. The smallest absolute Gasteiger partial charge is 0.306 e. The molecule has 1 aromatic carbocycles. The van der Waals surface area contributed by atoms with E-state index in [1.807, 2.05) is 12.1 Å². The van der Waals surface area contributed by atoms with Gasteiger partial charge in [-0.3, -0.25) is 9.59 Å². The summed E-state index contributed by atoms with van der Waals surface area (Å²) < 4.78 is 4.90. The second-order valence-electron chi connectivity index (χ2n) is 5.76. The zero-order chi connectivity index (χ0) is 17.2. The number of unbranched alkanes of at least 4 members (excludes halogenated alkanes) is 1. The molecule has 0 spiro atoms. The molecule has 0 unspecified atom stereocenters. The Hall–Kier alpha value is -2.04. The van der Waals surface area contributed by atoms with Gasteiger partial charge in [0, 0.05) is 26.9 Å². The van der Waals surface area contributed by atoms with E-state index in [1.54, 1.807) is 32.0 Å². The predicted molar refractivity (Wildman–Crippen MR) is 89.3 cm³/mol. The van der Waals surface area contributed by atoms with Crippen LogP contribution in [0.2, 0.25) is 0 Å². The summed E-state index contributed by atoms with van der Waals surface area (Å²) in [6.45, 7) is 2.15. The van der Waals surface area contributed by atoms with Gasteiger partial charge in [0.1, 0.15) is 5.75 Å². The maximum Gasteiger partial charge on any atom is 0.306 e. The van der Waals surface area contributed by atoms with Crippen molar-refractivity contribution in [3.63, 3.8) is 0 Å². The molecule has 1 rings (SSSR count). The molecule has 128 valence electrons. The number of benzene rings is 1. The highest BCUT2D eigenvalue weighted by Crippen LogP contribution is 2.21. The zero-order valence-corrected chi connectivity index (χ0v) is 14.3. The molecule has 0 bridgehead atoms. The summed E-state index contributed by atoms with van der Waals surface area (Å²) in [6, 6.07) is 5.49. The number of hydrogen-bond donors (Lipinski definition) is 1. The number of amides is 1. The van der Waals surface area contributed by atoms with Crippen LogP contribution in [-0.4, -0.2) is 42.6 Å². The lowest BCUT2D eigenvalue weighted by Crippen LogP contribution is -2.21. The average molecular weight is 321 g/mol. The molecule has 0 aliphatic heterocycles. The Labute approximate surface area is 138 Å². The molecule has 5 nitrogen and oxygen atoms in total. The summed E-state index contributed by atoms with van der Waals surface area (Å²) in [6.07, 6.45) is 3.91. The van der Waals surface area contributed by atoms with Crippen molar-refractivity contribution in [2.45, 2.75) is 45.4 Å². The Morgan fingerprint density at radius 2 is 1.87 bits per heavy atom. The molecule has 1 N–H and O–H groups in total. The summed E-state index contributed by atoms with van der Waals surface area (Å²) >= 11 is 0. The lowest BCUT2D eigenvalue weighted by molar-refractivity contribution is -0.143. The van der Waals surface area contributed by atoms with E-state index >= 15 is 0 Å². The van der Waals surface area contributed by atoms with Gasteiger partial charge in [0.2, 0.25) is 5.91 Å². The second-order valence-corrected chi connectivity index (χ2v) is 5.76. The van der Waals surface area contributed by atoms with E-state index in [-0.39, 0.29) is 24.0 Å². The number of ether oxygens (including phenoxy) is 1. The SMILES string of the molecule is CCOC(=O)CCc1cc(CCCCC(=O)N(C)C)ccc1O. The minimum atomic E-state index is -0.250. The molecule has 0 saturated heterocycles. The third kappa shape index (κ3) is 7.17. The van der Waals surface area contributed by atoms with Gasteiger partial charge in [-0.25, -0.2) is 0 Å². The van der Waals surface area contributed by atoms with Crippen LogP contribution in [0.15, 0.2) is 18.2 Å². The molecular weight excluding hydrogens is 294 g/mol. The van der Waals surface area contributed by atoms with Crippen LogP contribution < -0.4 is 0 Å². The number of hydrogen-bond acceptors (Lipinski definition) is 4. The van der Waals surface area contributed by atoms with Crippen molar-refractivity contribution >= 4 is 11.9 Å². The topological polar surface area (TPSA) is 66.8 Å². The van der Waals surface area contributed by atoms with Crippen molar-refractivity contribution in [3.8, 4) is 5.75 Å². The molecule has 0 aromatic heterocycles. The summed E-state index contributed by atoms with van der Waals surface area (Å²) in [7, 11) is 3.52. The minimum absolute atomic E-state index is 0.144. The molecule has 0 saturated carbocycles. The first-order valence-electron chi connectivity index (χ1n) is 8.10.